The van der Waals surface area contributed by atoms with Gasteiger partial charge in [0.2, 0.25) is 0 Å². The standard InChI is InChI=1S/C17H23ClN2O/c1-3-10-19-11-15-8-9-16(21-15)13-20(2)12-14-6-4-5-7-17(14)18/h4-9,19H,3,10-13H2,1-2H3. The smallest absolute Gasteiger partial charge is 0.118 e. The Morgan fingerprint density at radius 1 is 1.10 bits per heavy atom. The van der Waals surface area contributed by atoms with Gasteiger partial charge < -0.3 is 9.73 Å². The fraction of sp³-hybridized carbons (Fsp3) is 0.412. The molecule has 0 bridgehead atoms. The second-order valence-electron chi connectivity index (χ2n) is 5.31. The van der Waals surface area contributed by atoms with E-state index in [1.807, 2.05) is 30.3 Å². The van der Waals surface area contributed by atoms with Crippen LogP contribution in [0.25, 0.3) is 0 Å². The van der Waals surface area contributed by atoms with Crippen LogP contribution in [0.5, 0.6) is 0 Å². The summed E-state index contributed by atoms with van der Waals surface area (Å²) in [5, 5.41) is 4.15. The minimum absolute atomic E-state index is 0.777. The molecule has 0 unspecified atom stereocenters. The molecular formula is C17H23ClN2O. The maximum atomic E-state index is 6.19. The van der Waals surface area contributed by atoms with Crippen LogP contribution in [0.15, 0.2) is 40.8 Å². The van der Waals surface area contributed by atoms with Crippen LogP contribution in [0, 0.1) is 0 Å². The maximum Gasteiger partial charge on any atom is 0.118 e. The molecule has 0 saturated carbocycles. The number of rotatable bonds is 8. The first-order valence-electron chi connectivity index (χ1n) is 7.39. The summed E-state index contributed by atoms with van der Waals surface area (Å²) in [6.45, 7) is 5.55. The van der Waals surface area contributed by atoms with Crippen molar-refractivity contribution in [1.29, 1.82) is 0 Å². The van der Waals surface area contributed by atoms with Crippen molar-refractivity contribution in [1.82, 2.24) is 10.2 Å². The number of nitrogens with one attached hydrogen (secondary N) is 1. The highest BCUT2D eigenvalue weighted by Crippen LogP contribution is 2.18. The third kappa shape index (κ3) is 5.20. The van der Waals surface area contributed by atoms with Crippen molar-refractivity contribution in [3.63, 3.8) is 0 Å². The SMILES string of the molecule is CCCNCc1ccc(CN(C)Cc2ccccc2Cl)o1. The molecule has 0 amide bonds. The molecule has 3 nitrogen and oxygen atoms in total. The Kier molecular flexibility index (Phi) is 6.30. The number of hydrogen-bond donors (Lipinski definition) is 1. The molecule has 0 fully saturated rings. The second kappa shape index (κ2) is 8.23. The minimum Gasteiger partial charge on any atom is -0.463 e. The van der Waals surface area contributed by atoms with E-state index in [0.717, 1.165) is 54.7 Å². The summed E-state index contributed by atoms with van der Waals surface area (Å²) >= 11 is 6.19. The summed E-state index contributed by atoms with van der Waals surface area (Å²) in [6.07, 6.45) is 1.13. The molecule has 0 aliphatic heterocycles. The van der Waals surface area contributed by atoms with Gasteiger partial charge in [-0.2, -0.15) is 0 Å². The molecule has 1 aromatic heterocycles. The van der Waals surface area contributed by atoms with Crippen molar-refractivity contribution in [3.05, 3.63) is 58.5 Å². The van der Waals surface area contributed by atoms with Gasteiger partial charge in [-0.3, -0.25) is 4.90 Å². The molecule has 114 valence electrons. The summed E-state index contributed by atoms with van der Waals surface area (Å²) in [5.41, 5.74) is 1.14. The Labute approximate surface area is 131 Å². The quantitative estimate of drug-likeness (QED) is 0.745. The lowest BCUT2D eigenvalue weighted by Gasteiger charge is -2.16. The van der Waals surface area contributed by atoms with Crippen LogP contribution in [0.4, 0.5) is 0 Å². The van der Waals surface area contributed by atoms with E-state index < -0.39 is 0 Å². The molecule has 21 heavy (non-hydrogen) atoms. The average molecular weight is 307 g/mol. The Morgan fingerprint density at radius 3 is 2.62 bits per heavy atom. The van der Waals surface area contributed by atoms with Crippen LogP contribution in [0.2, 0.25) is 5.02 Å². The van der Waals surface area contributed by atoms with E-state index >= 15 is 0 Å². The van der Waals surface area contributed by atoms with E-state index in [4.69, 9.17) is 16.0 Å². The van der Waals surface area contributed by atoms with E-state index in [1.165, 1.54) is 0 Å². The van der Waals surface area contributed by atoms with Gasteiger partial charge in [0.1, 0.15) is 11.5 Å². The molecule has 2 rings (SSSR count). The van der Waals surface area contributed by atoms with Gasteiger partial charge in [-0.15, -0.1) is 0 Å². The molecule has 1 N–H and O–H groups in total. The molecule has 0 atom stereocenters. The summed E-state index contributed by atoms with van der Waals surface area (Å²) in [4.78, 5) is 2.20. The fourth-order valence-corrected chi connectivity index (χ4v) is 2.43. The number of halogens is 1. The van der Waals surface area contributed by atoms with Gasteiger partial charge in [-0.25, -0.2) is 0 Å². The van der Waals surface area contributed by atoms with Crippen molar-refractivity contribution in [2.75, 3.05) is 13.6 Å². The highest BCUT2D eigenvalue weighted by molar-refractivity contribution is 6.31. The van der Waals surface area contributed by atoms with Gasteiger partial charge in [-0.1, -0.05) is 36.7 Å². The van der Waals surface area contributed by atoms with Gasteiger partial charge in [-0.05, 0) is 43.8 Å². The van der Waals surface area contributed by atoms with Crippen LogP contribution in [-0.2, 0) is 19.6 Å². The lowest BCUT2D eigenvalue weighted by molar-refractivity contribution is 0.282. The van der Waals surface area contributed by atoms with Gasteiger partial charge in [0.25, 0.3) is 0 Å². The van der Waals surface area contributed by atoms with Crippen LogP contribution >= 0.6 is 11.6 Å². The van der Waals surface area contributed by atoms with Crippen LogP contribution in [-0.4, -0.2) is 18.5 Å². The lowest BCUT2D eigenvalue weighted by Crippen LogP contribution is -2.17. The monoisotopic (exact) mass is 306 g/mol. The summed E-state index contributed by atoms with van der Waals surface area (Å²) < 4.78 is 5.83. The molecule has 0 saturated heterocycles. The van der Waals surface area contributed by atoms with Gasteiger partial charge in [0, 0.05) is 11.6 Å². The van der Waals surface area contributed by atoms with E-state index in [9.17, 15) is 0 Å². The van der Waals surface area contributed by atoms with Crippen LogP contribution in [0.3, 0.4) is 0 Å². The molecule has 2 aromatic rings. The minimum atomic E-state index is 0.777. The number of hydrogen-bond acceptors (Lipinski definition) is 3. The number of benzene rings is 1. The van der Waals surface area contributed by atoms with Gasteiger partial charge in [0.05, 0.1) is 13.1 Å². The molecule has 4 heteroatoms. The van der Waals surface area contributed by atoms with Crippen molar-refractivity contribution < 1.29 is 4.42 Å². The average Bonchev–Trinajstić information content (AvgIpc) is 2.89. The van der Waals surface area contributed by atoms with Gasteiger partial charge in [0.15, 0.2) is 0 Å². The molecular weight excluding hydrogens is 284 g/mol. The second-order valence-corrected chi connectivity index (χ2v) is 5.72. The van der Waals surface area contributed by atoms with Crippen molar-refractivity contribution >= 4 is 11.6 Å². The van der Waals surface area contributed by atoms with E-state index in [-0.39, 0.29) is 0 Å². The van der Waals surface area contributed by atoms with Crippen LogP contribution < -0.4 is 5.32 Å². The molecule has 1 aromatic carbocycles. The number of furan rings is 1. The van der Waals surface area contributed by atoms with Crippen molar-refractivity contribution in [2.24, 2.45) is 0 Å². The summed E-state index contributed by atoms with van der Waals surface area (Å²) in [6, 6.07) is 12.0. The molecule has 0 aliphatic carbocycles. The van der Waals surface area contributed by atoms with E-state index in [2.05, 4.69) is 30.3 Å². The molecule has 0 spiro atoms. The number of nitrogens with zero attached hydrogens (tertiary/aromatic N) is 1. The first kappa shape index (κ1) is 16.1. The lowest BCUT2D eigenvalue weighted by atomic mass is 10.2. The van der Waals surface area contributed by atoms with E-state index in [0.29, 0.717) is 0 Å². The summed E-state index contributed by atoms with van der Waals surface area (Å²) in [7, 11) is 2.07. The molecule has 0 radical (unpaired) electrons. The summed E-state index contributed by atoms with van der Waals surface area (Å²) in [5.74, 6) is 1.97. The van der Waals surface area contributed by atoms with Gasteiger partial charge >= 0.3 is 0 Å². The Bertz CT molecular complexity index is 553. The Hall–Kier alpha value is -1.29. The first-order valence-corrected chi connectivity index (χ1v) is 7.77. The third-order valence-electron chi connectivity index (χ3n) is 3.27. The van der Waals surface area contributed by atoms with E-state index in [1.54, 1.807) is 0 Å². The highest BCUT2D eigenvalue weighted by atomic mass is 35.5. The zero-order valence-electron chi connectivity index (χ0n) is 12.7. The Morgan fingerprint density at radius 2 is 1.86 bits per heavy atom. The predicted molar refractivity (Wildman–Crippen MR) is 87.3 cm³/mol. The third-order valence-corrected chi connectivity index (χ3v) is 3.64. The highest BCUT2D eigenvalue weighted by Gasteiger charge is 2.08. The topological polar surface area (TPSA) is 28.4 Å². The first-order chi connectivity index (χ1) is 10.2. The normalized spacial score (nSPS) is 11.2. The Balaban J connectivity index is 1.85. The van der Waals surface area contributed by atoms with Crippen molar-refractivity contribution in [2.45, 2.75) is 33.0 Å². The maximum absolute atomic E-state index is 6.19. The van der Waals surface area contributed by atoms with Crippen LogP contribution in [0.1, 0.15) is 30.4 Å². The zero-order chi connectivity index (χ0) is 15.1. The predicted octanol–water partition coefficient (Wildman–Crippen LogP) is 4.06. The fourth-order valence-electron chi connectivity index (χ4n) is 2.23. The largest absolute Gasteiger partial charge is 0.463 e. The van der Waals surface area contributed by atoms with Crippen molar-refractivity contribution in [3.8, 4) is 0 Å². The molecule has 1 heterocycles. The zero-order valence-corrected chi connectivity index (χ0v) is 13.5. The molecule has 0 aliphatic rings.